The smallest absolute Gasteiger partial charge is 0.262 e. The molecule has 0 radical (unpaired) electrons. The molecule has 0 amide bonds. The Bertz CT molecular complexity index is 1050. The number of carbonyl (C=O) groups excluding carboxylic acids is 1. The van der Waals surface area contributed by atoms with Crippen molar-refractivity contribution < 1.29 is 9.53 Å². The molecule has 0 fully saturated rings. The molecular weight excluding hydrogens is 408 g/mol. The predicted molar refractivity (Wildman–Crippen MR) is 118 cm³/mol. The van der Waals surface area contributed by atoms with Gasteiger partial charge in [0, 0.05) is 30.3 Å². The van der Waals surface area contributed by atoms with Crippen LogP contribution in [0.1, 0.15) is 30.6 Å². The number of thioether (sulfide) groups is 1. The Hall–Kier alpha value is -2.15. The third-order valence-electron chi connectivity index (χ3n) is 4.48. The lowest BCUT2D eigenvalue weighted by molar-refractivity contribution is 0.0993. The zero-order valence-corrected chi connectivity index (χ0v) is 18.0. The molecule has 0 aliphatic rings. The van der Waals surface area contributed by atoms with E-state index < -0.39 is 5.25 Å². The second-order valence-electron chi connectivity index (χ2n) is 6.55. The topological polar surface area (TPSA) is 61.2 Å². The monoisotopic (exact) mass is 430 g/mol. The minimum absolute atomic E-state index is 0.0325. The first kappa shape index (κ1) is 21.6. The number of Topliss-reactive ketones (excluding diaryl/α,β-unsaturated/α-hetero) is 1. The van der Waals surface area contributed by atoms with E-state index in [0.717, 1.165) is 0 Å². The van der Waals surface area contributed by atoms with Gasteiger partial charge in [0.05, 0.1) is 16.2 Å². The molecule has 7 heteroatoms. The average molecular weight is 431 g/mol. The number of aromatic nitrogens is 2. The summed E-state index contributed by atoms with van der Waals surface area (Å²) in [4.78, 5) is 30.5. The van der Waals surface area contributed by atoms with Crippen LogP contribution in [0.3, 0.4) is 0 Å². The highest BCUT2D eigenvalue weighted by atomic mass is 35.5. The van der Waals surface area contributed by atoms with E-state index in [4.69, 9.17) is 16.3 Å². The first-order valence-electron chi connectivity index (χ1n) is 9.55. The van der Waals surface area contributed by atoms with Gasteiger partial charge in [0.15, 0.2) is 10.9 Å². The molecule has 0 N–H and O–H groups in total. The lowest BCUT2D eigenvalue weighted by Gasteiger charge is -2.16. The second kappa shape index (κ2) is 10.1. The predicted octanol–water partition coefficient (Wildman–Crippen LogP) is 4.84. The number of para-hydroxylation sites is 1. The lowest BCUT2D eigenvalue weighted by Crippen LogP contribution is -2.25. The number of carbonyl (C=O) groups is 1. The van der Waals surface area contributed by atoms with Crippen LogP contribution in [0.15, 0.2) is 58.5 Å². The molecule has 1 unspecified atom stereocenters. The largest absolute Gasteiger partial charge is 0.382 e. The maximum Gasteiger partial charge on any atom is 0.262 e. The van der Waals surface area contributed by atoms with Crippen LogP contribution in [0.2, 0.25) is 5.02 Å². The maximum absolute atomic E-state index is 13.0. The molecule has 29 heavy (non-hydrogen) atoms. The zero-order chi connectivity index (χ0) is 20.8. The van der Waals surface area contributed by atoms with Crippen LogP contribution in [0, 0.1) is 0 Å². The molecular formula is C22H23ClN2O3S. The van der Waals surface area contributed by atoms with Gasteiger partial charge in [-0.05, 0) is 56.7 Å². The maximum atomic E-state index is 13.0. The van der Waals surface area contributed by atoms with Crippen molar-refractivity contribution in [3.8, 4) is 0 Å². The van der Waals surface area contributed by atoms with Gasteiger partial charge in [0.2, 0.25) is 0 Å². The third-order valence-corrected chi connectivity index (χ3v) is 5.82. The van der Waals surface area contributed by atoms with E-state index in [0.29, 0.717) is 52.8 Å². The zero-order valence-electron chi connectivity index (χ0n) is 16.4. The molecule has 0 bridgehead atoms. The highest BCUT2D eigenvalue weighted by molar-refractivity contribution is 8.00. The van der Waals surface area contributed by atoms with Crippen molar-refractivity contribution in [2.24, 2.45) is 0 Å². The van der Waals surface area contributed by atoms with Crippen LogP contribution in [0.5, 0.6) is 0 Å². The molecule has 3 aromatic rings. The Labute approximate surface area is 179 Å². The molecule has 0 aliphatic carbocycles. The fourth-order valence-corrected chi connectivity index (χ4v) is 4.10. The molecule has 152 valence electrons. The summed E-state index contributed by atoms with van der Waals surface area (Å²) >= 11 is 7.21. The van der Waals surface area contributed by atoms with Gasteiger partial charge in [0.25, 0.3) is 5.56 Å². The fourth-order valence-electron chi connectivity index (χ4n) is 2.96. The van der Waals surface area contributed by atoms with E-state index in [1.54, 1.807) is 34.9 Å². The van der Waals surface area contributed by atoms with E-state index in [2.05, 4.69) is 4.98 Å². The standard InChI is InChI=1S/C22H23ClN2O3S/c1-3-28-14-6-13-25-21(27)18-7-4-5-8-19(18)24-22(25)29-15(2)20(26)16-9-11-17(23)12-10-16/h4-5,7-12,15H,3,6,13-14H2,1-2H3. The summed E-state index contributed by atoms with van der Waals surface area (Å²) in [5.74, 6) is -0.0325. The molecule has 0 spiro atoms. The van der Waals surface area contributed by atoms with Crippen LogP contribution in [0.4, 0.5) is 0 Å². The number of nitrogens with zero attached hydrogens (tertiary/aromatic N) is 2. The van der Waals surface area contributed by atoms with Crippen LogP contribution in [-0.4, -0.2) is 33.8 Å². The minimum atomic E-state index is -0.401. The average Bonchev–Trinajstić information content (AvgIpc) is 2.73. The fraction of sp³-hybridized carbons (Fsp3) is 0.318. The van der Waals surface area contributed by atoms with Gasteiger partial charge in [-0.1, -0.05) is 35.5 Å². The lowest BCUT2D eigenvalue weighted by atomic mass is 10.1. The van der Waals surface area contributed by atoms with E-state index in [1.807, 2.05) is 32.0 Å². The van der Waals surface area contributed by atoms with Crippen LogP contribution in [0.25, 0.3) is 10.9 Å². The molecule has 0 saturated carbocycles. The van der Waals surface area contributed by atoms with Crippen molar-refractivity contribution in [1.82, 2.24) is 9.55 Å². The number of hydrogen-bond donors (Lipinski definition) is 0. The summed E-state index contributed by atoms with van der Waals surface area (Å²) in [5.41, 5.74) is 1.12. The Morgan fingerprint density at radius 3 is 2.66 bits per heavy atom. The van der Waals surface area contributed by atoms with Gasteiger partial charge in [-0.2, -0.15) is 0 Å². The highest BCUT2D eigenvalue weighted by Crippen LogP contribution is 2.25. The molecule has 1 aromatic heterocycles. The summed E-state index contributed by atoms with van der Waals surface area (Å²) < 4.78 is 7.05. The number of ether oxygens (including phenoxy) is 1. The molecule has 0 aliphatic heterocycles. The summed E-state index contributed by atoms with van der Waals surface area (Å²) in [5, 5.41) is 1.30. The Balaban J connectivity index is 1.90. The Kier molecular flexibility index (Phi) is 7.47. The summed E-state index contributed by atoms with van der Waals surface area (Å²) in [6.07, 6.45) is 0.695. The number of hydrogen-bond acceptors (Lipinski definition) is 5. The van der Waals surface area contributed by atoms with Crippen molar-refractivity contribution in [2.75, 3.05) is 13.2 Å². The van der Waals surface area contributed by atoms with Crippen molar-refractivity contribution in [2.45, 2.75) is 37.2 Å². The van der Waals surface area contributed by atoms with Crippen LogP contribution < -0.4 is 5.56 Å². The summed E-state index contributed by atoms with van der Waals surface area (Å²) in [6.45, 7) is 5.46. The van der Waals surface area contributed by atoms with E-state index in [1.165, 1.54) is 11.8 Å². The van der Waals surface area contributed by atoms with E-state index >= 15 is 0 Å². The van der Waals surface area contributed by atoms with Crippen LogP contribution >= 0.6 is 23.4 Å². The molecule has 1 atom stereocenters. The molecule has 2 aromatic carbocycles. The first-order valence-corrected chi connectivity index (χ1v) is 10.8. The van der Waals surface area contributed by atoms with Gasteiger partial charge in [-0.15, -0.1) is 0 Å². The SMILES string of the molecule is CCOCCCn1c(SC(C)C(=O)c2ccc(Cl)cc2)nc2ccccc2c1=O. The molecule has 5 nitrogen and oxygen atoms in total. The summed E-state index contributed by atoms with van der Waals surface area (Å²) in [6, 6.07) is 14.1. The van der Waals surface area contributed by atoms with Crippen molar-refractivity contribution in [1.29, 1.82) is 0 Å². The number of rotatable bonds is 9. The first-order chi connectivity index (χ1) is 14.0. The van der Waals surface area contributed by atoms with Crippen molar-refractivity contribution in [3.05, 3.63) is 69.5 Å². The van der Waals surface area contributed by atoms with E-state index in [-0.39, 0.29) is 11.3 Å². The summed E-state index contributed by atoms with van der Waals surface area (Å²) in [7, 11) is 0. The Morgan fingerprint density at radius 2 is 1.93 bits per heavy atom. The normalized spacial score (nSPS) is 12.2. The van der Waals surface area contributed by atoms with Gasteiger partial charge in [0.1, 0.15) is 0 Å². The molecule has 3 rings (SSSR count). The second-order valence-corrected chi connectivity index (χ2v) is 8.29. The van der Waals surface area contributed by atoms with Crippen molar-refractivity contribution >= 4 is 40.0 Å². The van der Waals surface area contributed by atoms with Crippen LogP contribution in [-0.2, 0) is 11.3 Å². The van der Waals surface area contributed by atoms with Gasteiger partial charge < -0.3 is 4.74 Å². The number of benzene rings is 2. The third kappa shape index (κ3) is 5.26. The number of halogens is 1. The quantitative estimate of drug-likeness (QED) is 0.210. The highest BCUT2D eigenvalue weighted by Gasteiger charge is 2.20. The number of fused-ring (bicyclic) bond motifs is 1. The number of ketones is 1. The van der Waals surface area contributed by atoms with Gasteiger partial charge in [-0.3, -0.25) is 14.2 Å². The Morgan fingerprint density at radius 1 is 1.21 bits per heavy atom. The van der Waals surface area contributed by atoms with E-state index in [9.17, 15) is 9.59 Å². The molecule has 1 heterocycles. The van der Waals surface area contributed by atoms with Gasteiger partial charge in [-0.25, -0.2) is 4.98 Å². The molecule has 0 saturated heterocycles. The van der Waals surface area contributed by atoms with Gasteiger partial charge >= 0.3 is 0 Å². The van der Waals surface area contributed by atoms with Crippen molar-refractivity contribution in [3.63, 3.8) is 0 Å². The minimum Gasteiger partial charge on any atom is -0.382 e.